The molecule has 0 aromatic carbocycles. The minimum Gasteiger partial charge on any atom is -0.381 e. The van der Waals surface area contributed by atoms with Crippen LogP contribution < -0.4 is 10.6 Å². The van der Waals surface area contributed by atoms with Crippen LogP contribution in [0.25, 0.3) is 0 Å². The quantitative estimate of drug-likeness (QED) is 0.261. The molecule has 1 atom stereocenters. The average molecular weight is 441 g/mol. The molecule has 0 aromatic rings. The maximum absolute atomic E-state index is 5.87. The Morgan fingerprint density at radius 3 is 2.70 bits per heavy atom. The third-order valence-corrected chi connectivity index (χ3v) is 3.96. The first-order valence-electron chi connectivity index (χ1n) is 8.71. The van der Waals surface area contributed by atoms with Crippen molar-refractivity contribution in [3.8, 4) is 0 Å². The first-order valence-corrected chi connectivity index (χ1v) is 8.71. The predicted molar refractivity (Wildman–Crippen MR) is 103 cm³/mol. The maximum atomic E-state index is 5.87. The normalized spacial score (nSPS) is 22.7. The van der Waals surface area contributed by atoms with E-state index in [9.17, 15) is 0 Å². The van der Waals surface area contributed by atoms with Gasteiger partial charge in [-0.15, -0.1) is 24.0 Å². The second-order valence-electron chi connectivity index (χ2n) is 5.82. The number of nitrogens with one attached hydrogen (secondary N) is 2. The minimum atomic E-state index is 0. The highest BCUT2D eigenvalue weighted by atomic mass is 127. The molecule has 2 aliphatic heterocycles. The highest BCUT2D eigenvalue weighted by Gasteiger charge is 2.15. The van der Waals surface area contributed by atoms with Crippen LogP contribution in [0.5, 0.6) is 0 Å². The molecule has 0 amide bonds. The van der Waals surface area contributed by atoms with Crippen molar-refractivity contribution < 1.29 is 14.2 Å². The number of guanidine groups is 1. The summed E-state index contributed by atoms with van der Waals surface area (Å²) in [6.45, 7) is 7.92. The molecule has 2 aliphatic rings. The number of hydrogen-bond acceptors (Lipinski definition) is 4. The van der Waals surface area contributed by atoms with Crippen LogP contribution in [0.4, 0.5) is 0 Å². The number of rotatable bonds is 8. The topological polar surface area (TPSA) is 64.1 Å². The van der Waals surface area contributed by atoms with Crippen LogP contribution in [-0.4, -0.2) is 64.2 Å². The molecule has 0 aliphatic carbocycles. The summed E-state index contributed by atoms with van der Waals surface area (Å²) in [7, 11) is 0. The van der Waals surface area contributed by atoms with Crippen LogP contribution in [0, 0.1) is 0 Å². The molecular weight excluding hydrogens is 409 g/mol. The van der Waals surface area contributed by atoms with Gasteiger partial charge in [0, 0.05) is 39.5 Å². The van der Waals surface area contributed by atoms with Gasteiger partial charge in [-0.1, -0.05) is 0 Å². The Balaban J connectivity index is 0.00000264. The first-order chi connectivity index (χ1) is 10.9. The molecule has 0 spiro atoms. The van der Waals surface area contributed by atoms with Gasteiger partial charge in [-0.05, 0) is 39.0 Å². The molecule has 136 valence electrons. The van der Waals surface area contributed by atoms with Crippen molar-refractivity contribution in [2.75, 3.05) is 46.1 Å². The number of ether oxygens (including phenoxy) is 3. The zero-order valence-corrected chi connectivity index (χ0v) is 16.6. The van der Waals surface area contributed by atoms with Crippen molar-refractivity contribution in [3.63, 3.8) is 0 Å². The van der Waals surface area contributed by atoms with E-state index in [2.05, 4.69) is 22.5 Å². The van der Waals surface area contributed by atoms with Crippen LogP contribution in [-0.2, 0) is 14.2 Å². The molecule has 2 N–H and O–H groups in total. The summed E-state index contributed by atoms with van der Waals surface area (Å²) in [4.78, 5) is 4.60. The number of hydrogen-bond donors (Lipinski definition) is 2. The average Bonchev–Trinajstić information content (AvgIpc) is 3.06. The van der Waals surface area contributed by atoms with E-state index in [4.69, 9.17) is 14.2 Å². The molecule has 2 rings (SSSR count). The lowest BCUT2D eigenvalue weighted by Gasteiger charge is -2.22. The number of nitrogens with zero attached hydrogens (tertiary/aromatic N) is 1. The van der Waals surface area contributed by atoms with Gasteiger partial charge >= 0.3 is 0 Å². The van der Waals surface area contributed by atoms with Crippen molar-refractivity contribution in [3.05, 3.63) is 0 Å². The van der Waals surface area contributed by atoms with Gasteiger partial charge in [0.2, 0.25) is 0 Å². The Kier molecular flexibility index (Phi) is 12.0. The molecular formula is C16H32IN3O3. The van der Waals surface area contributed by atoms with E-state index >= 15 is 0 Å². The van der Waals surface area contributed by atoms with E-state index in [0.29, 0.717) is 12.2 Å². The Labute approximate surface area is 157 Å². The Morgan fingerprint density at radius 1 is 1.17 bits per heavy atom. The number of aliphatic imine (C=N–C) groups is 1. The molecule has 1 unspecified atom stereocenters. The van der Waals surface area contributed by atoms with Crippen LogP contribution in [0.3, 0.4) is 0 Å². The van der Waals surface area contributed by atoms with Crippen molar-refractivity contribution in [1.29, 1.82) is 0 Å². The van der Waals surface area contributed by atoms with Gasteiger partial charge in [0.05, 0.1) is 18.8 Å². The fourth-order valence-corrected chi connectivity index (χ4v) is 2.69. The monoisotopic (exact) mass is 441 g/mol. The van der Waals surface area contributed by atoms with E-state index in [1.165, 1.54) is 0 Å². The maximum Gasteiger partial charge on any atom is 0.191 e. The van der Waals surface area contributed by atoms with Crippen molar-refractivity contribution in [2.24, 2.45) is 4.99 Å². The fraction of sp³-hybridized carbons (Fsp3) is 0.938. The van der Waals surface area contributed by atoms with Gasteiger partial charge in [0.15, 0.2) is 5.96 Å². The van der Waals surface area contributed by atoms with Crippen LogP contribution >= 0.6 is 24.0 Å². The Morgan fingerprint density at radius 2 is 2.00 bits per heavy atom. The molecule has 0 bridgehead atoms. The lowest BCUT2D eigenvalue weighted by atomic mass is 10.1. The smallest absolute Gasteiger partial charge is 0.191 e. The standard InChI is InChI=1S/C16H31N3O3.HI/c1-2-17-16(19-13-15-5-3-9-22-15)18-8-4-10-21-14-6-11-20-12-7-14;/h14-15H,2-13H2,1H3,(H2,17,18,19);1H. The van der Waals surface area contributed by atoms with Gasteiger partial charge in [-0.3, -0.25) is 4.99 Å². The lowest BCUT2D eigenvalue weighted by molar-refractivity contribution is -0.0320. The fourth-order valence-electron chi connectivity index (χ4n) is 2.69. The highest BCUT2D eigenvalue weighted by Crippen LogP contribution is 2.12. The summed E-state index contributed by atoms with van der Waals surface area (Å²) >= 11 is 0. The summed E-state index contributed by atoms with van der Waals surface area (Å²) in [5.41, 5.74) is 0. The van der Waals surface area contributed by atoms with Gasteiger partial charge < -0.3 is 24.8 Å². The molecule has 2 saturated heterocycles. The van der Waals surface area contributed by atoms with Crippen molar-refractivity contribution >= 4 is 29.9 Å². The summed E-state index contributed by atoms with van der Waals surface area (Å²) in [5.74, 6) is 0.879. The third kappa shape index (κ3) is 9.07. The summed E-state index contributed by atoms with van der Waals surface area (Å²) in [6, 6.07) is 0. The minimum absolute atomic E-state index is 0. The summed E-state index contributed by atoms with van der Waals surface area (Å²) in [5, 5.41) is 6.63. The van der Waals surface area contributed by atoms with E-state index in [1.807, 2.05) is 0 Å². The second kappa shape index (κ2) is 13.2. The van der Waals surface area contributed by atoms with Gasteiger partial charge in [0.25, 0.3) is 0 Å². The van der Waals surface area contributed by atoms with Gasteiger partial charge in [-0.2, -0.15) is 0 Å². The largest absolute Gasteiger partial charge is 0.381 e. The van der Waals surface area contributed by atoms with E-state index in [0.717, 1.165) is 84.1 Å². The SMILES string of the molecule is CCNC(=NCC1CCCO1)NCCCOC1CCOCC1.I. The molecule has 2 fully saturated rings. The van der Waals surface area contributed by atoms with Crippen LogP contribution in [0.15, 0.2) is 4.99 Å². The molecule has 0 radical (unpaired) electrons. The zero-order valence-electron chi connectivity index (χ0n) is 14.2. The Bertz CT molecular complexity index is 320. The van der Waals surface area contributed by atoms with Gasteiger partial charge in [-0.25, -0.2) is 0 Å². The molecule has 0 aromatic heterocycles. The highest BCUT2D eigenvalue weighted by molar-refractivity contribution is 14.0. The van der Waals surface area contributed by atoms with Crippen LogP contribution in [0.1, 0.15) is 39.0 Å². The summed E-state index contributed by atoms with van der Waals surface area (Å²) in [6.07, 6.45) is 6.01. The first kappa shape index (κ1) is 20.9. The molecule has 7 heteroatoms. The molecule has 6 nitrogen and oxygen atoms in total. The van der Waals surface area contributed by atoms with Gasteiger partial charge in [0.1, 0.15) is 0 Å². The lowest BCUT2D eigenvalue weighted by Crippen LogP contribution is -2.38. The number of halogens is 1. The molecule has 23 heavy (non-hydrogen) atoms. The third-order valence-electron chi connectivity index (χ3n) is 3.96. The van der Waals surface area contributed by atoms with E-state index in [1.54, 1.807) is 0 Å². The zero-order chi connectivity index (χ0) is 15.5. The predicted octanol–water partition coefficient (Wildman–Crippen LogP) is 1.92. The molecule has 0 saturated carbocycles. The Hall–Kier alpha value is -0.120. The second-order valence-corrected chi connectivity index (χ2v) is 5.82. The summed E-state index contributed by atoms with van der Waals surface area (Å²) < 4.78 is 16.8. The van der Waals surface area contributed by atoms with Crippen molar-refractivity contribution in [2.45, 2.75) is 51.2 Å². The van der Waals surface area contributed by atoms with Crippen molar-refractivity contribution in [1.82, 2.24) is 10.6 Å². The van der Waals surface area contributed by atoms with E-state index < -0.39 is 0 Å². The van der Waals surface area contributed by atoms with Crippen LogP contribution in [0.2, 0.25) is 0 Å². The van der Waals surface area contributed by atoms with E-state index in [-0.39, 0.29) is 24.0 Å². The molecule has 2 heterocycles.